The highest BCUT2D eigenvalue weighted by molar-refractivity contribution is 6.28. The Bertz CT molecular complexity index is 2410. The second-order valence-corrected chi connectivity index (χ2v) is 12.5. The summed E-state index contributed by atoms with van der Waals surface area (Å²) >= 11 is 0. The molecular formula is C43H30. The van der Waals surface area contributed by atoms with Crippen molar-refractivity contribution in [2.75, 3.05) is 0 Å². The largest absolute Gasteiger partial charge is 0.0622 e. The molecule has 0 heterocycles. The summed E-state index contributed by atoms with van der Waals surface area (Å²) in [6.07, 6.45) is 0. The van der Waals surface area contributed by atoms with Crippen LogP contribution in [0.2, 0.25) is 0 Å². The summed E-state index contributed by atoms with van der Waals surface area (Å²) in [5, 5.41) is 10.4. The van der Waals surface area contributed by atoms with Crippen LogP contribution in [0.15, 0.2) is 146 Å². The summed E-state index contributed by atoms with van der Waals surface area (Å²) in [5.74, 6) is 0. The van der Waals surface area contributed by atoms with E-state index in [1.165, 1.54) is 87.6 Å². The van der Waals surface area contributed by atoms with Gasteiger partial charge in [0, 0.05) is 5.41 Å². The fourth-order valence-corrected chi connectivity index (χ4v) is 7.92. The van der Waals surface area contributed by atoms with E-state index in [0.717, 1.165) is 0 Å². The second kappa shape index (κ2) is 8.90. The van der Waals surface area contributed by atoms with E-state index in [2.05, 4.69) is 159 Å². The molecule has 0 bridgehead atoms. The molecule has 0 saturated carbocycles. The zero-order valence-corrected chi connectivity index (χ0v) is 24.4. The van der Waals surface area contributed by atoms with Gasteiger partial charge in [-0.05, 0) is 93.7 Å². The molecule has 202 valence electrons. The van der Waals surface area contributed by atoms with Crippen LogP contribution in [-0.4, -0.2) is 0 Å². The number of fused-ring (bicyclic) bond motifs is 9. The van der Waals surface area contributed by atoms with Gasteiger partial charge < -0.3 is 0 Å². The van der Waals surface area contributed by atoms with Gasteiger partial charge in [-0.2, -0.15) is 0 Å². The monoisotopic (exact) mass is 546 g/mol. The minimum absolute atomic E-state index is 0.112. The Kier molecular flexibility index (Phi) is 5.05. The highest BCUT2D eigenvalue weighted by Gasteiger charge is 2.37. The molecule has 1 aliphatic rings. The Hall–Kier alpha value is -5.20. The van der Waals surface area contributed by atoms with Crippen molar-refractivity contribution in [2.24, 2.45) is 0 Å². The lowest BCUT2D eigenvalue weighted by molar-refractivity contribution is 0.666. The minimum Gasteiger partial charge on any atom is -0.0622 e. The van der Waals surface area contributed by atoms with Gasteiger partial charge in [0.1, 0.15) is 0 Å². The second-order valence-electron chi connectivity index (χ2n) is 12.5. The van der Waals surface area contributed by atoms with Crippen LogP contribution in [0.5, 0.6) is 0 Å². The van der Waals surface area contributed by atoms with Crippen LogP contribution < -0.4 is 0 Å². The van der Waals surface area contributed by atoms with E-state index in [4.69, 9.17) is 0 Å². The van der Waals surface area contributed by atoms with E-state index < -0.39 is 0 Å². The maximum atomic E-state index is 2.50. The molecule has 0 unspecified atom stereocenters. The fourth-order valence-electron chi connectivity index (χ4n) is 7.92. The van der Waals surface area contributed by atoms with Crippen LogP contribution in [0.25, 0.3) is 76.5 Å². The number of benzene rings is 8. The van der Waals surface area contributed by atoms with Gasteiger partial charge in [0.25, 0.3) is 0 Å². The van der Waals surface area contributed by atoms with E-state index in [1.54, 1.807) is 0 Å². The van der Waals surface area contributed by atoms with Gasteiger partial charge >= 0.3 is 0 Å². The summed E-state index contributed by atoms with van der Waals surface area (Å²) in [6.45, 7) is 4.80. The Morgan fingerprint density at radius 2 is 0.977 bits per heavy atom. The maximum absolute atomic E-state index is 2.50. The van der Waals surface area contributed by atoms with Crippen molar-refractivity contribution in [3.05, 3.63) is 157 Å². The van der Waals surface area contributed by atoms with Crippen molar-refractivity contribution in [2.45, 2.75) is 19.3 Å². The van der Waals surface area contributed by atoms with Crippen molar-refractivity contribution in [3.8, 4) is 33.4 Å². The third-order valence-corrected chi connectivity index (χ3v) is 9.80. The molecule has 0 N–H and O–H groups in total. The quantitative estimate of drug-likeness (QED) is 0.149. The van der Waals surface area contributed by atoms with Crippen LogP contribution >= 0.6 is 0 Å². The zero-order valence-electron chi connectivity index (χ0n) is 24.4. The number of hydrogen-bond donors (Lipinski definition) is 0. The molecule has 0 amide bonds. The van der Waals surface area contributed by atoms with Crippen LogP contribution in [0.1, 0.15) is 25.0 Å². The van der Waals surface area contributed by atoms with Crippen molar-refractivity contribution >= 4 is 43.1 Å². The van der Waals surface area contributed by atoms with Crippen molar-refractivity contribution < 1.29 is 0 Å². The SMILES string of the molecule is CC1(C)c2cc(-c3c4ccccc4c(-c4ccccc4)c4ccc5ccccc5c34)ccc2-c2ccc3ccccc3c21. The molecule has 0 radical (unpaired) electrons. The topological polar surface area (TPSA) is 0 Å². The molecule has 0 aromatic heterocycles. The molecule has 0 atom stereocenters. The first-order chi connectivity index (χ1) is 21.1. The Labute approximate surface area is 251 Å². The fraction of sp³-hybridized carbons (Fsp3) is 0.0698. The summed E-state index contributed by atoms with van der Waals surface area (Å²) in [4.78, 5) is 0. The van der Waals surface area contributed by atoms with E-state index in [1.807, 2.05) is 0 Å². The average Bonchev–Trinajstić information content (AvgIpc) is 3.29. The maximum Gasteiger partial charge on any atom is 0.0165 e. The predicted molar refractivity (Wildman–Crippen MR) is 185 cm³/mol. The molecule has 9 rings (SSSR count). The Morgan fingerprint density at radius 1 is 0.395 bits per heavy atom. The van der Waals surface area contributed by atoms with Gasteiger partial charge in [-0.25, -0.2) is 0 Å². The number of hydrogen-bond acceptors (Lipinski definition) is 0. The lowest BCUT2D eigenvalue weighted by Crippen LogP contribution is -2.15. The molecule has 8 aromatic carbocycles. The Balaban J connectivity index is 1.41. The first kappa shape index (κ1) is 24.4. The first-order valence-electron chi connectivity index (χ1n) is 15.2. The molecule has 43 heavy (non-hydrogen) atoms. The third-order valence-electron chi connectivity index (χ3n) is 9.80. The lowest BCUT2D eigenvalue weighted by atomic mass is 9.78. The highest BCUT2D eigenvalue weighted by Crippen LogP contribution is 2.53. The van der Waals surface area contributed by atoms with E-state index in [9.17, 15) is 0 Å². The summed E-state index contributed by atoms with van der Waals surface area (Å²) in [5.41, 5.74) is 10.6. The Morgan fingerprint density at radius 3 is 1.74 bits per heavy atom. The molecule has 0 spiro atoms. The smallest absolute Gasteiger partial charge is 0.0165 e. The van der Waals surface area contributed by atoms with Gasteiger partial charge in [-0.3, -0.25) is 0 Å². The molecule has 0 heteroatoms. The van der Waals surface area contributed by atoms with Crippen molar-refractivity contribution in [1.82, 2.24) is 0 Å². The summed E-state index contributed by atoms with van der Waals surface area (Å²) < 4.78 is 0. The molecule has 0 aliphatic heterocycles. The zero-order chi connectivity index (χ0) is 28.7. The predicted octanol–water partition coefficient (Wildman–Crippen LogP) is 11.9. The van der Waals surface area contributed by atoms with Crippen molar-refractivity contribution in [1.29, 1.82) is 0 Å². The number of rotatable bonds is 2. The van der Waals surface area contributed by atoms with Crippen LogP contribution in [0, 0.1) is 0 Å². The minimum atomic E-state index is -0.112. The summed E-state index contributed by atoms with van der Waals surface area (Å²) in [6, 6.07) is 54.1. The summed E-state index contributed by atoms with van der Waals surface area (Å²) in [7, 11) is 0. The molecule has 0 saturated heterocycles. The standard InChI is InChI=1S/C43H30/c1-43(2)38-26-30(22-23-33(38)36-24-20-28-13-7-9-17-32(28)42(36)43)40-35-19-11-10-18-34(35)39(29-14-4-3-5-15-29)37-25-21-27-12-6-8-16-31(27)41(37)40/h3-26H,1-2H3. The molecule has 1 aliphatic carbocycles. The van der Waals surface area contributed by atoms with E-state index in [-0.39, 0.29) is 5.41 Å². The van der Waals surface area contributed by atoms with E-state index >= 15 is 0 Å². The average molecular weight is 547 g/mol. The van der Waals surface area contributed by atoms with Gasteiger partial charge in [0.05, 0.1) is 0 Å². The van der Waals surface area contributed by atoms with Gasteiger partial charge in [-0.15, -0.1) is 0 Å². The van der Waals surface area contributed by atoms with Crippen molar-refractivity contribution in [3.63, 3.8) is 0 Å². The molecular weight excluding hydrogens is 516 g/mol. The lowest BCUT2D eigenvalue weighted by Gasteiger charge is -2.24. The normalized spacial score (nSPS) is 13.5. The van der Waals surface area contributed by atoms with Gasteiger partial charge in [0.2, 0.25) is 0 Å². The molecule has 8 aromatic rings. The van der Waals surface area contributed by atoms with Gasteiger partial charge in [0.15, 0.2) is 0 Å². The van der Waals surface area contributed by atoms with Crippen LogP contribution in [-0.2, 0) is 5.41 Å². The highest BCUT2D eigenvalue weighted by atomic mass is 14.4. The first-order valence-corrected chi connectivity index (χ1v) is 15.2. The van der Waals surface area contributed by atoms with Crippen LogP contribution in [0.4, 0.5) is 0 Å². The van der Waals surface area contributed by atoms with Crippen LogP contribution in [0.3, 0.4) is 0 Å². The van der Waals surface area contributed by atoms with Gasteiger partial charge in [-0.1, -0.05) is 153 Å². The van der Waals surface area contributed by atoms with E-state index in [0.29, 0.717) is 0 Å². The molecule has 0 nitrogen and oxygen atoms in total. The third kappa shape index (κ3) is 3.38. The molecule has 0 fully saturated rings.